The van der Waals surface area contributed by atoms with Crippen molar-refractivity contribution >= 4 is 5.91 Å². The van der Waals surface area contributed by atoms with Gasteiger partial charge in [0.2, 0.25) is 0 Å². The van der Waals surface area contributed by atoms with Crippen LogP contribution in [0.1, 0.15) is 36.2 Å². The highest BCUT2D eigenvalue weighted by molar-refractivity contribution is 5.92. The lowest BCUT2D eigenvalue weighted by molar-refractivity contribution is 0.0360. The predicted octanol–water partition coefficient (Wildman–Crippen LogP) is 2.28. The minimum Gasteiger partial charge on any atom is -0.347 e. The van der Waals surface area contributed by atoms with Gasteiger partial charge in [0, 0.05) is 38.4 Å². The molecule has 0 aromatic carbocycles. The molecule has 3 heterocycles. The summed E-state index contributed by atoms with van der Waals surface area (Å²) in [6, 6.07) is 3.85. The number of carbonyl (C=O) groups excluding carboxylic acids is 1. The average Bonchev–Trinajstić information content (AvgIpc) is 3.06. The van der Waals surface area contributed by atoms with Gasteiger partial charge in [-0.15, -0.1) is 6.58 Å². The monoisotopic (exact) mass is 287 g/mol. The van der Waals surface area contributed by atoms with E-state index in [4.69, 9.17) is 0 Å². The molecule has 4 nitrogen and oxygen atoms in total. The smallest absolute Gasteiger partial charge is 0.270 e. The molecule has 21 heavy (non-hydrogen) atoms. The van der Waals surface area contributed by atoms with Crippen molar-refractivity contribution < 1.29 is 4.79 Å². The van der Waals surface area contributed by atoms with Crippen LogP contribution in [0.15, 0.2) is 31.0 Å². The summed E-state index contributed by atoms with van der Waals surface area (Å²) in [6.45, 7) is 7.71. The molecule has 0 bridgehead atoms. The summed E-state index contributed by atoms with van der Waals surface area (Å²) < 4.78 is 1.92. The van der Waals surface area contributed by atoms with Crippen molar-refractivity contribution in [2.45, 2.75) is 31.2 Å². The number of carbonyl (C=O) groups is 1. The second-order valence-electron chi connectivity index (χ2n) is 6.40. The normalized spacial score (nSPS) is 26.4. The fraction of sp³-hybridized carbons (Fsp3) is 0.588. The second-order valence-corrected chi connectivity index (χ2v) is 6.40. The number of aryl methyl sites for hydroxylation is 1. The largest absolute Gasteiger partial charge is 0.347 e. The first-order valence-electron chi connectivity index (χ1n) is 7.93. The first-order valence-corrected chi connectivity index (χ1v) is 7.93. The van der Waals surface area contributed by atoms with Gasteiger partial charge in [0.1, 0.15) is 5.69 Å². The summed E-state index contributed by atoms with van der Waals surface area (Å²) in [5.41, 5.74) is 0.980. The van der Waals surface area contributed by atoms with Crippen LogP contribution in [0, 0.1) is 0 Å². The van der Waals surface area contributed by atoms with Crippen molar-refractivity contribution in [1.29, 1.82) is 0 Å². The highest BCUT2D eigenvalue weighted by atomic mass is 16.2. The van der Waals surface area contributed by atoms with Gasteiger partial charge in [0.25, 0.3) is 5.91 Å². The van der Waals surface area contributed by atoms with E-state index < -0.39 is 0 Å². The van der Waals surface area contributed by atoms with E-state index in [1.54, 1.807) is 0 Å². The Morgan fingerprint density at radius 2 is 2.14 bits per heavy atom. The molecular weight excluding hydrogens is 262 g/mol. The maximum Gasteiger partial charge on any atom is 0.270 e. The molecule has 2 saturated heterocycles. The van der Waals surface area contributed by atoms with E-state index >= 15 is 0 Å². The molecule has 1 spiro atoms. The molecule has 3 rings (SSSR count). The maximum absolute atomic E-state index is 12.8. The summed E-state index contributed by atoms with van der Waals surface area (Å²) in [6.07, 6.45) is 8.68. The quantitative estimate of drug-likeness (QED) is 0.798. The van der Waals surface area contributed by atoms with Crippen molar-refractivity contribution in [2.75, 3.05) is 26.2 Å². The maximum atomic E-state index is 12.8. The zero-order valence-electron chi connectivity index (χ0n) is 12.9. The highest BCUT2D eigenvalue weighted by Gasteiger charge is 2.44. The lowest BCUT2D eigenvalue weighted by Crippen LogP contribution is -2.57. The molecule has 0 radical (unpaired) electrons. The third kappa shape index (κ3) is 2.53. The molecule has 1 atom stereocenters. The Hall–Kier alpha value is -1.55. The van der Waals surface area contributed by atoms with Crippen molar-refractivity contribution in [3.05, 3.63) is 36.7 Å². The molecule has 114 valence electrons. The minimum absolute atomic E-state index is 0.173. The molecule has 1 aromatic rings. The van der Waals surface area contributed by atoms with E-state index in [-0.39, 0.29) is 11.4 Å². The second kappa shape index (κ2) is 5.68. The van der Waals surface area contributed by atoms with Gasteiger partial charge in [-0.3, -0.25) is 9.69 Å². The lowest BCUT2D eigenvalue weighted by atomic mass is 9.86. The summed E-state index contributed by atoms with van der Waals surface area (Å²) in [4.78, 5) is 17.3. The lowest BCUT2D eigenvalue weighted by Gasteiger charge is -2.45. The standard InChI is InChI=1S/C17H25N3O/c1-3-10-20-13-6-9-17(20)8-5-12-19(14-17)16(21)15-7-4-11-18(15)2/h3-4,7,11H,1,5-6,8-10,12-14H2,2H3/t17-/m0/s1. The van der Waals surface area contributed by atoms with E-state index in [2.05, 4.69) is 16.4 Å². The van der Waals surface area contributed by atoms with Crippen LogP contribution < -0.4 is 0 Å². The average molecular weight is 287 g/mol. The van der Waals surface area contributed by atoms with Crippen LogP contribution in [0.2, 0.25) is 0 Å². The number of hydrogen-bond donors (Lipinski definition) is 0. The number of aromatic nitrogens is 1. The van der Waals surface area contributed by atoms with Gasteiger partial charge >= 0.3 is 0 Å². The van der Waals surface area contributed by atoms with E-state index in [1.807, 2.05) is 36.0 Å². The summed E-state index contributed by atoms with van der Waals surface area (Å²) >= 11 is 0. The third-order valence-corrected chi connectivity index (χ3v) is 5.10. The van der Waals surface area contributed by atoms with Crippen LogP contribution in [0.25, 0.3) is 0 Å². The fourth-order valence-corrected chi connectivity index (χ4v) is 4.03. The first-order chi connectivity index (χ1) is 10.2. The van der Waals surface area contributed by atoms with Gasteiger partial charge in [0.15, 0.2) is 0 Å². The Balaban J connectivity index is 1.78. The van der Waals surface area contributed by atoms with Crippen LogP contribution in [0.3, 0.4) is 0 Å². The first kappa shape index (κ1) is 14.4. The third-order valence-electron chi connectivity index (χ3n) is 5.10. The number of piperidine rings is 1. The van der Waals surface area contributed by atoms with E-state index in [0.717, 1.165) is 38.3 Å². The zero-order chi connectivity index (χ0) is 14.9. The number of amides is 1. The Kier molecular flexibility index (Phi) is 3.89. The van der Waals surface area contributed by atoms with Crippen LogP contribution in [0.5, 0.6) is 0 Å². The topological polar surface area (TPSA) is 28.5 Å². The van der Waals surface area contributed by atoms with Crippen molar-refractivity contribution in [3.63, 3.8) is 0 Å². The molecule has 2 aliphatic heterocycles. The van der Waals surface area contributed by atoms with Gasteiger partial charge in [0.05, 0.1) is 0 Å². The number of hydrogen-bond acceptors (Lipinski definition) is 2. The Morgan fingerprint density at radius 1 is 1.38 bits per heavy atom. The molecule has 0 saturated carbocycles. The molecule has 1 aromatic heterocycles. The van der Waals surface area contributed by atoms with Gasteiger partial charge in [-0.1, -0.05) is 6.08 Å². The number of likely N-dealkylation sites (tertiary alicyclic amines) is 2. The fourth-order valence-electron chi connectivity index (χ4n) is 4.03. The Labute approximate surface area is 127 Å². The van der Waals surface area contributed by atoms with Crippen molar-refractivity contribution in [2.24, 2.45) is 7.05 Å². The molecule has 4 heteroatoms. The van der Waals surface area contributed by atoms with Crippen molar-refractivity contribution in [3.8, 4) is 0 Å². The number of rotatable bonds is 3. The van der Waals surface area contributed by atoms with Crippen LogP contribution in [-0.2, 0) is 7.05 Å². The van der Waals surface area contributed by atoms with E-state index in [0.29, 0.717) is 0 Å². The molecule has 1 amide bonds. The van der Waals surface area contributed by atoms with Crippen LogP contribution in [-0.4, -0.2) is 52.0 Å². The Bertz CT molecular complexity index is 536. The van der Waals surface area contributed by atoms with Gasteiger partial charge in [-0.25, -0.2) is 0 Å². The van der Waals surface area contributed by atoms with E-state index in [1.165, 1.54) is 19.3 Å². The molecule has 0 unspecified atom stereocenters. The van der Waals surface area contributed by atoms with E-state index in [9.17, 15) is 4.79 Å². The zero-order valence-corrected chi connectivity index (χ0v) is 12.9. The van der Waals surface area contributed by atoms with Crippen molar-refractivity contribution in [1.82, 2.24) is 14.4 Å². The minimum atomic E-state index is 0.173. The SMILES string of the molecule is C=CCN1CCC[C@]12CCCN(C(=O)c1cccn1C)C2. The Morgan fingerprint density at radius 3 is 2.81 bits per heavy atom. The van der Waals surface area contributed by atoms with Crippen LogP contribution in [0.4, 0.5) is 0 Å². The van der Waals surface area contributed by atoms with Gasteiger partial charge in [-0.05, 0) is 44.4 Å². The molecular formula is C17H25N3O. The molecule has 2 aliphatic rings. The summed E-state index contributed by atoms with van der Waals surface area (Å²) in [5.74, 6) is 0.173. The molecule has 0 N–H and O–H groups in total. The van der Waals surface area contributed by atoms with Gasteiger partial charge < -0.3 is 9.47 Å². The number of nitrogens with zero attached hydrogens (tertiary/aromatic N) is 3. The summed E-state index contributed by atoms with van der Waals surface area (Å²) in [7, 11) is 1.94. The summed E-state index contributed by atoms with van der Waals surface area (Å²) in [5, 5.41) is 0. The van der Waals surface area contributed by atoms with Crippen LogP contribution >= 0.6 is 0 Å². The predicted molar refractivity (Wildman–Crippen MR) is 84.3 cm³/mol. The highest BCUT2D eigenvalue weighted by Crippen LogP contribution is 2.37. The molecule has 2 fully saturated rings. The molecule has 0 aliphatic carbocycles. The van der Waals surface area contributed by atoms with Gasteiger partial charge in [-0.2, -0.15) is 0 Å².